The van der Waals surface area contributed by atoms with E-state index in [2.05, 4.69) is 24.8 Å². The number of aliphatic hydroxyl groups excluding tert-OH is 2. The van der Waals surface area contributed by atoms with E-state index in [-0.39, 0.29) is 91.5 Å². The number of benzene rings is 3. The largest absolute Gasteiger partial charge is 0.394 e. The molecule has 6 N–H and O–H groups in total. The second-order valence-electron chi connectivity index (χ2n) is 11.8. The minimum Gasteiger partial charge on any atom is -0.394 e. The van der Waals surface area contributed by atoms with Crippen LogP contribution in [0.5, 0.6) is 0 Å². The smallest absolute Gasteiger partial charge is 0.297 e. The third-order valence-corrected chi connectivity index (χ3v) is 10.7. The number of rotatable bonds is 25. The summed E-state index contributed by atoms with van der Waals surface area (Å²) in [5.41, 5.74) is 28.8. The maximum atomic E-state index is 12.0. The second-order valence-corrected chi connectivity index (χ2v) is 17.6. The fourth-order valence-electron chi connectivity index (χ4n) is 3.66. The summed E-state index contributed by atoms with van der Waals surface area (Å²) in [6.45, 7) is 9.66. The van der Waals surface area contributed by atoms with Crippen molar-refractivity contribution in [1.29, 1.82) is 0 Å². The molecule has 0 fully saturated rings. The monoisotopic (exact) mass is 1050 g/mol. The van der Waals surface area contributed by atoms with Crippen molar-refractivity contribution in [2.75, 3.05) is 105 Å². The molecule has 0 aromatic heterocycles. The maximum absolute atomic E-state index is 12.0. The Kier molecular flexibility index (Phi) is 56.9. The standard InChI is InChI=1S/C18H22O7S2.C7H7ClO2S.C4H8N6O.C4H12N2O.C4H10O3.5CH4/c1-15-3-7-17(8-4-15)26(19,20)24-13-11-23-12-14-25-27(21,22)18-9-5-16(2)6-10-18;1-6-2-4-7(5-3-6)11(8,9)10;5-9-7-1-3-11-4-2-8-10-6;2*5-1-3-7-4-2-6;;;;;/h3-10H,11-14H2,1-2H3;2-5H,1H3;1-4H2;1-6H2;5-6H,1-4H2;5*1H4. The van der Waals surface area contributed by atoms with Crippen LogP contribution in [-0.2, 0) is 56.6 Å². The fraction of sp³-hybridized carbons (Fsp3) is 0.571. The average molecular weight is 1050 g/mol. The highest BCUT2D eigenvalue weighted by Gasteiger charge is 2.16. The van der Waals surface area contributed by atoms with E-state index < -0.39 is 29.3 Å². The average Bonchev–Trinajstić information content (AvgIpc) is 3.24. The zero-order valence-corrected chi connectivity index (χ0v) is 38.7. The normalized spacial score (nSPS) is 9.94. The van der Waals surface area contributed by atoms with E-state index in [4.69, 9.17) is 66.0 Å². The summed E-state index contributed by atoms with van der Waals surface area (Å²) in [6.07, 6.45) is 0. The van der Waals surface area contributed by atoms with Gasteiger partial charge in [-0.25, -0.2) is 8.42 Å². The van der Waals surface area contributed by atoms with E-state index in [9.17, 15) is 25.3 Å². The van der Waals surface area contributed by atoms with Crippen LogP contribution < -0.4 is 11.5 Å². The maximum Gasteiger partial charge on any atom is 0.297 e. The SMILES string of the molecule is C.C.C.C.C.Cc1ccc(S(=O)(=O)Cl)cc1.Cc1ccc(S(=O)(=O)OCCOCCOS(=O)(=O)c2ccc(C)cc2)cc1.NCCOCCN.OCCOCCO.[N-]=[N+]=NCCOCCN=[N+]=[N-]. The lowest BCUT2D eigenvalue weighted by Crippen LogP contribution is -2.15. The van der Waals surface area contributed by atoms with Crippen LogP contribution in [0.25, 0.3) is 20.9 Å². The van der Waals surface area contributed by atoms with Crippen LogP contribution in [0.2, 0.25) is 0 Å². The molecule has 22 nitrogen and oxygen atoms in total. The van der Waals surface area contributed by atoms with Crippen molar-refractivity contribution in [3.63, 3.8) is 0 Å². The Morgan fingerprint density at radius 2 is 0.765 bits per heavy atom. The van der Waals surface area contributed by atoms with Crippen molar-refractivity contribution < 1.29 is 62.8 Å². The predicted molar refractivity (Wildman–Crippen MR) is 270 cm³/mol. The first-order valence-electron chi connectivity index (χ1n) is 18.8. The number of halogens is 1. The summed E-state index contributed by atoms with van der Waals surface area (Å²) in [4.78, 5) is 5.35. The van der Waals surface area contributed by atoms with Gasteiger partial charge in [-0.1, -0.05) is 100 Å². The minimum atomic E-state index is -3.84. The molecular formula is C42H79ClN8O14S3. The van der Waals surface area contributed by atoms with Crippen molar-refractivity contribution >= 4 is 40.0 Å². The summed E-state index contributed by atoms with van der Waals surface area (Å²) in [5, 5.41) is 22.7. The van der Waals surface area contributed by atoms with Crippen molar-refractivity contribution in [3.8, 4) is 0 Å². The summed E-state index contributed by atoms with van der Waals surface area (Å²) < 4.78 is 98.6. The topological polar surface area (TPSA) is 348 Å². The van der Waals surface area contributed by atoms with Crippen LogP contribution in [0.4, 0.5) is 0 Å². The van der Waals surface area contributed by atoms with Crippen LogP contribution >= 0.6 is 10.7 Å². The molecule has 0 aliphatic heterocycles. The fourth-order valence-corrected chi connectivity index (χ4v) is 6.21. The highest BCUT2D eigenvalue weighted by atomic mass is 35.7. The lowest BCUT2D eigenvalue weighted by atomic mass is 10.2. The Morgan fingerprint density at radius 3 is 1.04 bits per heavy atom. The van der Waals surface area contributed by atoms with Gasteiger partial charge in [0, 0.05) is 46.7 Å². The zero-order chi connectivity index (χ0) is 47.8. The number of nitrogens with zero attached hydrogens (tertiary/aromatic N) is 6. The van der Waals surface area contributed by atoms with E-state index in [1.54, 1.807) is 36.4 Å². The Balaban J connectivity index is -0.000000152. The lowest BCUT2D eigenvalue weighted by Gasteiger charge is -2.08. The third kappa shape index (κ3) is 44.5. The highest BCUT2D eigenvalue weighted by Crippen LogP contribution is 2.15. The number of aryl methyl sites for hydroxylation is 3. The minimum absolute atomic E-state index is 0. The molecule has 0 heterocycles. The van der Waals surface area contributed by atoms with Gasteiger partial charge >= 0.3 is 0 Å². The molecule has 3 aromatic rings. The summed E-state index contributed by atoms with van der Waals surface area (Å²) in [6, 6.07) is 19.0. The van der Waals surface area contributed by atoms with E-state index in [1.807, 2.05) is 20.8 Å². The molecule has 0 aliphatic rings. The molecule has 0 amide bonds. The van der Waals surface area contributed by atoms with Crippen LogP contribution in [0.3, 0.4) is 0 Å². The first-order chi connectivity index (χ1) is 29.9. The second kappa shape index (κ2) is 49.4. The van der Waals surface area contributed by atoms with Crippen molar-refractivity contribution in [2.45, 2.75) is 72.6 Å². The molecule has 3 aromatic carbocycles. The molecule has 0 radical (unpaired) electrons. The van der Waals surface area contributed by atoms with Gasteiger partial charge in [-0.05, 0) is 68.2 Å². The number of hydrogen-bond acceptors (Lipinski definition) is 18. The van der Waals surface area contributed by atoms with Crippen LogP contribution in [0, 0.1) is 20.8 Å². The molecule has 0 bridgehead atoms. The Bertz CT molecular complexity index is 1930. The zero-order valence-electron chi connectivity index (χ0n) is 35.5. The van der Waals surface area contributed by atoms with Gasteiger partial charge < -0.3 is 40.6 Å². The third-order valence-electron chi connectivity index (χ3n) is 6.65. The molecular weight excluding hydrogens is 972 g/mol. The highest BCUT2D eigenvalue weighted by molar-refractivity contribution is 8.13. The number of aliphatic hydroxyl groups is 2. The molecule has 0 unspecified atom stereocenters. The van der Waals surface area contributed by atoms with Crippen molar-refractivity contribution in [3.05, 3.63) is 110 Å². The number of hydrogen-bond donors (Lipinski definition) is 4. The van der Waals surface area contributed by atoms with Gasteiger partial charge in [-0.2, -0.15) is 16.8 Å². The Labute approximate surface area is 411 Å². The molecule has 26 heteroatoms. The quantitative estimate of drug-likeness (QED) is 0.0165. The predicted octanol–water partition coefficient (Wildman–Crippen LogP) is 7.07. The molecule has 0 saturated heterocycles. The Hall–Kier alpha value is -3.98. The first kappa shape index (κ1) is 78.2. The number of nitrogens with two attached hydrogens (primary N) is 2. The van der Waals surface area contributed by atoms with E-state index in [0.717, 1.165) is 16.7 Å². The van der Waals surface area contributed by atoms with E-state index in [0.29, 0.717) is 65.8 Å². The van der Waals surface area contributed by atoms with Crippen LogP contribution in [0.1, 0.15) is 53.8 Å². The number of ether oxygens (including phenoxy) is 4. The summed E-state index contributed by atoms with van der Waals surface area (Å²) in [7, 11) is -6.14. The van der Waals surface area contributed by atoms with Gasteiger partial charge in [0.15, 0.2) is 0 Å². The molecule has 0 aliphatic carbocycles. The van der Waals surface area contributed by atoms with Gasteiger partial charge in [0.25, 0.3) is 29.3 Å². The molecule has 0 spiro atoms. The van der Waals surface area contributed by atoms with Crippen LogP contribution in [0.15, 0.2) is 97.7 Å². The molecule has 68 heavy (non-hydrogen) atoms. The molecule has 0 atom stereocenters. The van der Waals surface area contributed by atoms with E-state index in [1.165, 1.54) is 36.4 Å². The van der Waals surface area contributed by atoms with E-state index >= 15 is 0 Å². The molecule has 0 saturated carbocycles. The van der Waals surface area contributed by atoms with Gasteiger partial charge in [-0.15, -0.1) is 0 Å². The van der Waals surface area contributed by atoms with Gasteiger partial charge in [0.2, 0.25) is 0 Å². The summed E-state index contributed by atoms with van der Waals surface area (Å²) >= 11 is 0. The first-order valence-corrected chi connectivity index (χ1v) is 24.0. The molecule has 396 valence electrons. The summed E-state index contributed by atoms with van der Waals surface area (Å²) in [5.74, 6) is 0. The van der Waals surface area contributed by atoms with Gasteiger partial charge in [0.05, 0.1) is 94.0 Å². The number of azide groups is 2. The van der Waals surface area contributed by atoms with Gasteiger partial charge in [-0.3, -0.25) is 8.37 Å². The molecule has 3 rings (SSSR count). The van der Waals surface area contributed by atoms with Crippen LogP contribution in [-0.4, -0.2) is 141 Å². The lowest BCUT2D eigenvalue weighted by molar-refractivity contribution is 0.0650. The van der Waals surface area contributed by atoms with Crippen molar-refractivity contribution in [2.24, 2.45) is 21.7 Å². The van der Waals surface area contributed by atoms with Gasteiger partial charge in [0.1, 0.15) is 0 Å². The van der Waals surface area contributed by atoms with Crippen molar-refractivity contribution in [1.82, 2.24) is 0 Å². The Morgan fingerprint density at radius 1 is 0.485 bits per heavy atom.